The molecule has 1 aromatic carbocycles. The van der Waals surface area contributed by atoms with Gasteiger partial charge in [-0.15, -0.1) is 0 Å². The minimum atomic E-state index is -0.00216. The van der Waals surface area contributed by atoms with Crippen LogP contribution in [0, 0.1) is 5.41 Å². The molecular formula is C26H24N4O2. The third-order valence-corrected chi connectivity index (χ3v) is 6.73. The lowest BCUT2D eigenvalue weighted by Crippen LogP contribution is -2.33. The van der Waals surface area contributed by atoms with E-state index in [1.165, 1.54) is 0 Å². The van der Waals surface area contributed by atoms with Crippen LogP contribution in [0.15, 0.2) is 66.9 Å². The second-order valence-electron chi connectivity index (χ2n) is 8.90. The number of H-pyrrole nitrogens is 1. The van der Waals surface area contributed by atoms with E-state index < -0.39 is 0 Å². The predicted molar refractivity (Wildman–Crippen MR) is 123 cm³/mol. The van der Waals surface area contributed by atoms with Gasteiger partial charge in [0.25, 0.3) is 5.91 Å². The normalized spacial score (nSPS) is 20.4. The largest absolute Gasteiger partial charge is 0.381 e. The Labute approximate surface area is 186 Å². The van der Waals surface area contributed by atoms with Gasteiger partial charge in [-0.3, -0.25) is 4.79 Å². The lowest BCUT2D eigenvalue weighted by Gasteiger charge is -2.21. The SMILES string of the molecule is O=C(c1cccc(-c2cnc3[nH]c(-c4ccccc4)cc3c2)n1)N1CCC2(CCOC2)C1. The van der Waals surface area contributed by atoms with Gasteiger partial charge < -0.3 is 14.6 Å². The predicted octanol–water partition coefficient (Wildman–Crippen LogP) is 4.54. The molecule has 2 aliphatic heterocycles. The van der Waals surface area contributed by atoms with E-state index in [1.807, 2.05) is 41.4 Å². The van der Waals surface area contributed by atoms with Gasteiger partial charge in [0.15, 0.2) is 0 Å². The number of hydrogen-bond acceptors (Lipinski definition) is 4. The molecule has 2 saturated heterocycles. The number of hydrogen-bond donors (Lipinski definition) is 1. The summed E-state index contributed by atoms with van der Waals surface area (Å²) in [4.78, 5) is 27.8. The summed E-state index contributed by atoms with van der Waals surface area (Å²) in [7, 11) is 0. The van der Waals surface area contributed by atoms with Crippen LogP contribution < -0.4 is 0 Å². The lowest BCUT2D eigenvalue weighted by atomic mass is 9.87. The minimum absolute atomic E-state index is 0.00216. The fourth-order valence-corrected chi connectivity index (χ4v) is 4.89. The van der Waals surface area contributed by atoms with Crippen molar-refractivity contribution in [2.45, 2.75) is 12.8 Å². The molecule has 2 aliphatic rings. The fourth-order valence-electron chi connectivity index (χ4n) is 4.89. The van der Waals surface area contributed by atoms with Crippen molar-refractivity contribution in [1.29, 1.82) is 0 Å². The van der Waals surface area contributed by atoms with Crippen molar-refractivity contribution in [1.82, 2.24) is 19.9 Å². The van der Waals surface area contributed by atoms with Gasteiger partial charge in [0.2, 0.25) is 0 Å². The first-order chi connectivity index (χ1) is 15.7. The van der Waals surface area contributed by atoms with Crippen molar-refractivity contribution in [3.05, 3.63) is 72.6 Å². The number of ether oxygens (including phenoxy) is 1. The number of aromatic amines is 1. The van der Waals surface area contributed by atoms with Crippen LogP contribution in [0.4, 0.5) is 0 Å². The number of aromatic nitrogens is 3. The summed E-state index contributed by atoms with van der Waals surface area (Å²) in [6.45, 7) is 3.10. The van der Waals surface area contributed by atoms with E-state index in [4.69, 9.17) is 9.72 Å². The molecule has 6 rings (SSSR count). The van der Waals surface area contributed by atoms with E-state index in [0.717, 1.165) is 72.7 Å². The summed E-state index contributed by atoms with van der Waals surface area (Å²) >= 11 is 0. The number of benzene rings is 1. The zero-order valence-corrected chi connectivity index (χ0v) is 17.8. The Bertz CT molecular complexity index is 1290. The highest BCUT2D eigenvalue weighted by atomic mass is 16.5. The van der Waals surface area contributed by atoms with Crippen molar-refractivity contribution < 1.29 is 9.53 Å². The summed E-state index contributed by atoms with van der Waals surface area (Å²) in [5.41, 5.74) is 5.26. The Morgan fingerprint density at radius 1 is 1.03 bits per heavy atom. The number of carbonyl (C=O) groups is 1. The number of nitrogens with one attached hydrogen (secondary N) is 1. The van der Waals surface area contributed by atoms with Gasteiger partial charge in [0.1, 0.15) is 11.3 Å². The Hall–Kier alpha value is -3.51. The van der Waals surface area contributed by atoms with E-state index >= 15 is 0 Å². The highest BCUT2D eigenvalue weighted by Crippen LogP contribution is 2.38. The smallest absolute Gasteiger partial charge is 0.272 e. The van der Waals surface area contributed by atoms with E-state index in [9.17, 15) is 4.79 Å². The first-order valence-corrected chi connectivity index (χ1v) is 11.1. The molecular weight excluding hydrogens is 400 g/mol. The van der Waals surface area contributed by atoms with Crippen molar-refractivity contribution in [2.75, 3.05) is 26.3 Å². The maximum absolute atomic E-state index is 13.1. The van der Waals surface area contributed by atoms with Gasteiger partial charge in [-0.25, -0.2) is 9.97 Å². The Morgan fingerprint density at radius 2 is 1.94 bits per heavy atom. The number of rotatable bonds is 3. The Balaban J connectivity index is 1.27. The summed E-state index contributed by atoms with van der Waals surface area (Å²) in [6, 6.07) is 20.0. The highest BCUT2D eigenvalue weighted by molar-refractivity contribution is 5.93. The quantitative estimate of drug-likeness (QED) is 0.524. The standard InChI is InChI=1S/C26H24N4O2/c31-25(30-11-9-26(16-30)10-12-32-17-26)22-8-4-7-21(28-22)20-13-19-14-23(29-24(19)27-15-20)18-5-2-1-3-6-18/h1-8,13-15H,9-12,16-17H2,(H,27,29). The second-order valence-corrected chi connectivity index (χ2v) is 8.90. The zero-order valence-electron chi connectivity index (χ0n) is 17.8. The van der Waals surface area contributed by atoms with Gasteiger partial charge >= 0.3 is 0 Å². The molecule has 6 nitrogen and oxygen atoms in total. The molecule has 1 N–H and O–H groups in total. The van der Waals surface area contributed by atoms with Gasteiger partial charge in [-0.1, -0.05) is 36.4 Å². The van der Waals surface area contributed by atoms with E-state index in [2.05, 4.69) is 34.2 Å². The number of amides is 1. The van der Waals surface area contributed by atoms with Gasteiger partial charge in [-0.05, 0) is 42.7 Å². The molecule has 6 heteroatoms. The van der Waals surface area contributed by atoms with Crippen LogP contribution in [0.5, 0.6) is 0 Å². The first-order valence-electron chi connectivity index (χ1n) is 11.1. The van der Waals surface area contributed by atoms with Crippen molar-refractivity contribution in [2.24, 2.45) is 5.41 Å². The number of fused-ring (bicyclic) bond motifs is 1. The molecule has 0 saturated carbocycles. The molecule has 5 heterocycles. The van der Waals surface area contributed by atoms with Gasteiger partial charge in [-0.2, -0.15) is 0 Å². The van der Waals surface area contributed by atoms with Crippen LogP contribution in [0.25, 0.3) is 33.5 Å². The molecule has 1 amide bonds. The summed E-state index contributed by atoms with van der Waals surface area (Å²) in [5, 5.41) is 1.02. The molecule has 4 aromatic rings. The average molecular weight is 425 g/mol. The van der Waals surface area contributed by atoms with Crippen molar-refractivity contribution in [3.63, 3.8) is 0 Å². The number of nitrogens with zero attached hydrogens (tertiary/aromatic N) is 3. The van der Waals surface area contributed by atoms with Crippen molar-refractivity contribution >= 4 is 16.9 Å². The lowest BCUT2D eigenvalue weighted by molar-refractivity contribution is 0.0760. The zero-order chi connectivity index (χ0) is 21.5. The third-order valence-electron chi connectivity index (χ3n) is 6.73. The fraction of sp³-hybridized carbons (Fsp3) is 0.269. The molecule has 32 heavy (non-hydrogen) atoms. The van der Waals surface area contributed by atoms with E-state index in [-0.39, 0.29) is 11.3 Å². The molecule has 2 fully saturated rings. The average Bonchev–Trinajstić information content (AvgIpc) is 3.59. The maximum Gasteiger partial charge on any atom is 0.272 e. The first kappa shape index (κ1) is 19.2. The summed E-state index contributed by atoms with van der Waals surface area (Å²) < 4.78 is 5.59. The van der Waals surface area contributed by atoms with Crippen LogP contribution in [0.1, 0.15) is 23.3 Å². The molecule has 1 spiro atoms. The van der Waals surface area contributed by atoms with Crippen molar-refractivity contribution in [3.8, 4) is 22.5 Å². The number of pyridine rings is 2. The maximum atomic E-state index is 13.1. The van der Waals surface area contributed by atoms with Crippen LogP contribution in [-0.2, 0) is 4.74 Å². The Kier molecular flexibility index (Phi) is 4.54. The van der Waals surface area contributed by atoms with Crippen LogP contribution in [0.3, 0.4) is 0 Å². The third kappa shape index (κ3) is 3.37. The molecule has 1 atom stereocenters. The number of carbonyl (C=O) groups excluding carboxylic acids is 1. The van der Waals surface area contributed by atoms with Gasteiger partial charge in [0, 0.05) is 48.0 Å². The molecule has 3 aromatic heterocycles. The van der Waals surface area contributed by atoms with Crippen LogP contribution in [0.2, 0.25) is 0 Å². The molecule has 160 valence electrons. The Morgan fingerprint density at radius 3 is 2.78 bits per heavy atom. The summed E-state index contributed by atoms with van der Waals surface area (Å²) in [5.74, 6) is -0.00216. The van der Waals surface area contributed by atoms with E-state index in [0.29, 0.717) is 5.69 Å². The molecule has 1 unspecified atom stereocenters. The topological polar surface area (TPSA) is 71.1 Å². The number of likely N-dealkylation sites (tertiary alicyclic amines) is 1. The van der Waals surface area contributed by atoms with Crippen LogP contribution >= 0.6 is 0 Å². The molecule has 0 aliphatic carbocycles. The molecule has 0 bridgehead atoms. The highest BCUT2D eigenvalue weighted by Gasteiger charge is 2.43. The molecule has 0 radical (unpaired) electrons. The van der Waals surface area contributed by atoms with Gasteiger partial charge in [0.05, 0.1) is 12.3 Å². The summed E-state index contributed by atoms with van der Waals surface area (Å²) in [6.07, 6.45) is 3.86. The van der Waals surface area contributed by atoms with Crippen LogP contribution in [-0.4, -0.2) is 52.1 Å². The minimum Gasteiger partial charge on any atom is -0.381 e. The van der Waals surface area contributed by atoms with E-state index in [1.54, 1.807) is 6.07 Å². The second kappa shape index (κ2) is 7.57. The monoisotopic (exact) mass is 424 g/mol.